The van der Waals surface area contributed by atoms with E-state index in [1.54, 1.807) is 0 Å². The summed E-state index contributed by atoms with van der Waals surface area (Å²) < 4.78 is 0. The third-order valence-corrected chi connectivity index (χ3v) is 3.52. The normalized spacial score (nSPS) is 10.2. The molecule has 8 nitrogen and oxygen atoms in total. The van der Waals surface area contributed by atoms with Crippen molar-refractivity contribution in [1.29, 1.82) is 0 Å². The van der Waals surface area contributed by atoms with Gasteiger partial charge in [0.25, 0.3) is 11.5 Å². The van der Waals surface area contributed by atoms with Crippen molar-refractivity contribution in [2.75, 3.05) is 6.54 Å². The van der Waals surface area contributed by atoms with Gasteiger partial charge in [0.2, 0.25) is 5.91 Å². The Morgan fingerprint density at radius 2 is 1.88 bits per heavy atom. The van der Waals surface area contributed by atoms with Gasteiger partial charge in [-0.05, 0) is 18.2 Å². The third kappa shape index (κ3) is 4.71. The second-order valence-corrected chi connectivity index (χ2v) is 5.52. The van der Waals surface area contributed by atoms with Gasteiger partial charge in [0, 0.05) is 17.8 Å². The third-order valence-electron chi connectivity index (χ3n) is 2.95. The lowest BCUT2D eigenvalue weighted by molar-refractivity contribution is -0.120. The Kier molecular flexibility index (Phi) is 5.78. The summed E-state index contributed by atoms with van der Waals surface area (Å²) in [5.74, 6) is -1.08. The molecule has 0 saturated heterocycles. The zero-order chi connectivity index (χ0) is 17.7. The first-order valence-corrected chi connectivity index (χ1v) is 7.43. The highest BCUT2D eigenvalue weighted by molar-refractivity contribution is 6.35. The molecule has 1 aromatic heterocycles. The lowest BCUT2D eigenvalue weighted by atomic mass is 10.2. The van der Waals surface area contributed by atoms with Gasteiger partial charge in [-0.2, -0.15) is 0 Å². The number of rotatable bonds is 5. The van der Waals surface area contributed by atoms with E-state index in [9.17, 15) is 19.2 Å². The number of amides is 2. The van der Waals surface area contributed by atoms with Crippen molar-refractivity contribution in [3.05, 3.63) is 66.4 Å². The van der Waals surface area contributed by atoms with Crippen molar-refractivity contribution in [1.82, 2.24) is 20.6 Å². The van der Waals surface area contributed by atoms with Crippen LogP contribution >= 0.6 is 23.2 Å². The van der Waals surface area contributed by atoms with Gasteiger partial charge in [-0.15, -0.1) is 0 Å². The predicted octanol–water partition coefficient (Wildman–Crippen LogP) is 0.416. The van der Waals surface area contributed by atoms with Crippen LogP contribution in [0.25, 0.3) is 0 Å². The van der Waals surface area contributed by atoms with E-state index in [1.165, 1.54) is 24.4 Å². The molecule has 4 N–H and O–H groups in total. The molecule has 2 aromatic rings. The molecule has 1 heterocycles. The van der Waals surface area contributed by atoms with Crippen molar-refractivity contribution in [2.24, 2.45) is 0 Å². The molecular formula is C14H12Cl2N4O4. The van der Waals surface area contributed by atoms with E-state index in [-0.39, 0.29) is 29.2 Å². The Bertz CT molecular complexity index is 891. The molecule has 0 fully saturated rings. The van der Waals surface area contributed by atoms with Gasteiger partial charge in [0.05, 0.1) is 22.7 Å². The van der Waals surface area contributed by atoms with Crippen LogP contribution < -0.4 is 21.9 Å². The summed E-state index contributed by atoms with van der Waals surface area (Å²) in [5.41, 5.74) is -0.921. The van der Waals surface area contributed by atoms with Crippen LogP contribution in [-0.2, 0) is 11.3 Å². The predicted molar refractivity (Wildman–Crippen MR) is 88.3 cm³/mol. The molecule has 126 valence electrons. The van der Waals surface area contributed by atoms with Gasteiger partial charge < -0.3 is 15.6 Å². The molecule has 24 heavy (non-hydrogen) atoms. The maximum Gasteiger partial charge on any atom is 0.325 e. The summed E-state index contributed by atoms with van der Waals surface area (Å²) in [7, 11) is 0. The number of H-pyrrole nitrogens is 2. The van der Waals surface area contributed by atoms with Gasteiger partial charge >= 0.3 is 5.69 Å². The Labute approximate surface area is 145 Å². The van der Waals surface area contributed by atoms with Crippen molar-refractivity contribution in [3.8, 4) is 0 Å². The summed E-state index contributed by atoms with van der Waals surface area (Å²) >= 11 is 11.7. The zero-order valence-electron chi connectivity index (χ0n) is 12.1. The number of hydrogen-bond donors (Lipinski definition) is 4. The maximum absolute atomic E-state index is 12.0. The van der Waals surface area contributed by atoms with Crippen LogP contribution in [0, 0.1) is 0 Å². The fourth-order valence-electron chi connectivity index (χ4n) is 1.75. The van der Waals surface area contributed by atoms with E-state index in [2.05, 4.69) is 15.6 Å². The number of carbonyl (C=O) groups excluding carboxylic acids is 2. The second-order valence-electron chi connectivity index (χ2n) is 4.68. The monoisotopic (exact) mass is 370 g/mol. The highest BCUT2D eigenvalue weighted by atomic mass is 35.5. The summed E-state index contributed by atoms with van der Waals surface area (Å²) in [5, 5.41) is 5.37. The summed E-state index contributed by atoms with van der Waals surface area (Å²) in [6.45, 7) is -0.415. The number of aromatic nitrogens is 2. The first-order chi connectivity index (χ1) is 11.4. The lowest BCUT2D eigenvalue weighted by Crippen LogP contribution is -2.38. The van der Waals surface area contributed by atoms with E-state index >= 15 is 0 Å². The van der Waals surface area contributed by atoms with Crippen LogP contribution in [0.4, 0.5) is 0 Å². The van der Waals surface area contributed by atoms with Crippen LogP contribution in [0.3, 0.4) is 0 Å². The number of benzene rings is 1. The van der Waals surface area contributed by atoms with Crippen LogP contribution in [0.2, 0.25) is 10.0 Å². The fraction of sp³-hybridized carbons (Fsp3) is 0.143. The number of aromatic amines is 2. The molecule has 1 aromatic carbocycles. The SMILES string of the molecule is O=C(CNC(=O)c1cc(Cl)ccc1Cl)NCc1c[nH]c(=O)[nH]c1=O. The van der Waals surface area contributed by atoms with Crippen molar-refractivity contribution in [3.63, 3.8) is 0 Å². The van der Waals surface area contributed by atoms with Gasteiger partial charge in [-0.3, -0.25) is 19.4 Å². The number of halogens is 2. The van der Waals surface area contributed by atoms with Gasteiger partial charge in [0.15, 0.2) is 0 Å². The largest absolute Gasteiger partial charge is 0.350 e. The molecule has 0 spiro atoms. The molecule has 0 saturated carbocycles. The van der Waals surface area contributed by atoms with E-state index in [0.29, 0.717) is 5.02 Å². The molecule has 0 radical (unpaired) electrons. The van der Waals surface area contributed by atoms with Gasteiger partial charge in [-0.1, -0.05) is 23.2 Å². The Balaban J connectivity index is 1.89. The molecule has 0 bridgehead atoms. The highest BCUT2D eigenvalue weighted by Gasteiger charge is 2.12. The first kappa shape index (κ1) is 17.8. The van der Waals surface area contributed by atoms with Crippen molar-refractivity contribution < 1.29 is 9.59 Å². The molecule has 2 amide bonds. The van der Waals surface area contributed by atoms with Crippen molar-refractivity contribution in [2.45, 2.75) is 6.54 Å². The minimum Gasteiger partial charge on any atom is -0.350 e. The molecule has 0 aliphatic heterocycles. The molecular weight excluding hydrogens is 359 g/mol. The molecule has 0 aliphatic rings. The molecule has 0 unspecified atom stereocenters. The average molecular weight is 371 g/mol. The smallest absolute Gasteiger partial charge is 0.325 e. The molecule has 10 heteroatoms. The number of hydrogen-bond acceptors (Lipinski definition) is 4. The standard InChI is InChI=1S/C14H12Cl2N4O4/c15-8-1-2-10(16)9(3-8)13(23)18-6-11(21)17-4-7-5-19-14(24)20-12(7)22/h1-3,5H,4,6H2,(H,17,21)(H,18,23)(H2,19,20,22,24). The summed E-state index contributed by atoms with van der Waals surface area (Å²) in [4.78, 5) is 50.3. The molecule has 0 aliphatic carbocycles. The summed E-state index contributed by atoms with van der Waals surface area (Å²) in [6.07, 6.45) is 1.20. The van der Waals surface area contributed by atoms with E-state index in [1.807, 2.05) is 4.98 Å². The van der Waals surface area contributed by atoms with E-state index in [0.717, 1.165) is 0 Å². The Morgan fingerprint density at radius 1 is 1.12 bits per heavy atom. The van der Waals surface area contributed by atoms with Crippen LogP contribution in [-0.4, -0.2) is 28.3 Å². The fourth-order valence-corrected chi connectivity index (χ4v) is 2.13. The van der Waals surface area contributed by atoms with Gasteiger partial charge in [-0.25, -0.2) is 4.79 Å². The topological polar surface area (TPSA) is 124 Å². The summed E-state index contributed by atoms with van der Waals surface area (Å²) in [6, 6.07) is 4.40. The second kappa shape index (κ2) is 7.80. The van der Waals surface area contributed by atoms with Crippen LogP contribution in [0.5, 0.6) is 0 Å². The number of carbonyl (C=O) groups is 2. The quantitative estimate of drug-likeness (QED) is 0.608. The van der Waals surface area contributed by atoms with Crippen LogP contribution in [0.1, 0.15) is 15.9 Å². The van der Waals surface area contributed by atoms with Crippen LogP contribution in [0.15, 0.2) is 34.0 Å². The maximum atomic E-state index is 12.0. The first-order valence-electron chi connectivity index (χ1n) is 6.67. The van der Waals surface area contributed by atoms with Crippen molar-refractivity contribution >= 4 is 35.0 Å². The van der Waals surface area contributed by atoms with E-state index in [4.69, 9.17) is 23.2 Å². The lowest BCUT2D eigenvalue weighted by Gasteiger charge is -2.08. The van der Waals surface area contributed by atoms with Gasteiger partial charge in [0.1, 0.15) is 0 Å². The average Bonchev–Trinajstić information content (AvgIpc) is 2.54. The minimum absolute atomic E-state index is 0.0985. The number of nitrogens with one attached hydrogen (secondary N) is 4. The Hall–Kier alpha value is -2.58. The zero-order valence-corrected chi connectivity index (χ0v) is 13.6. The highest BCUT2D eigenvalue weighted by Crippen LogP contribution is 2.20. The molecule has 0 atom stereocenters. The van der Waals surface area contributed by atoms with E-state index < -0.39 is 23.1 Å². The minimum atomic E-state index is -0.638. The molecule has 2 rings (SSSR count). The Morgan fingerprint density at radius 3 is 2.58 bits per heavy atom.